The van der Waals surface area contributed by atoms with Crippen LogP contribution in [0.3, 0.4) is 0 Å². The lowest BCUT2D eigenvalue weighted by molar-refractivity contribution is -0.137. The average Bonchev–Trinajstić information content (AvgIpc) is 2.74. The van der Waals surface area contributed by atoms with Gasteiger partial charge in [0.15, 0.2) is 11.6 Å². The van der Waals surface area contributed by atoms with Crippen LogP contribution >= 0.6 is 0 Å². The number of hydrogen-bond acceptors (Lipinski definition) is 6. The van der Waals surface area contributed by atoms with Crippen LogP contribution in [0, 0.1) is 28.8 Å². The monoisotopic (exact) mass is 449 g/mol. The number of nitrogens with one attached hydrogen (secondary N) is 2. The Balaban J connectivity index is 1.93. The Morgan fingerprint density at radius 1 is 1.19 bits per heavy atom. The summed E-state index contributed by atoms with van der Waals surface area (Å²) in [6.45, 7) is 0.158. The molecule has 1 amide bonds. The highest BCUT2D eigenvalue weighted by Gasteiger charge is 2.19. The number of rotatable bonds is 11. The first-order chi connectivity index (χ1) is 15.2. The van der Waals surface area contributed by atoms with Gasteiger partial charge in [0.1, 0.15) is 17.7 Å². The molecular formula is C21H22F3N5O3. The predicted molar refractivity (Wildman–Crippen MR) is 109 cm³/mol. The van der Waals surface area contributed by atoms with Crippen LogP contribution in [0.5, 0.6) is 0 Å². The van der Waals surface area contributed by atoms with Gasteiger partial charge in [0, 0.05) is 43.7 Å². The highest BCUT2D eigenvalue weighted by molar-refractivity contribution is 5.77. The number of carboxylic acid groups (broad SMARTS) is 1. The molecule has 1 heterocycles. The number of aromatic nitrogens is 1. The van der Waals surface area contributed by atoms with Crippen LogP contribution in [0.4, 0.5) is 19.0 Å². The van der Waals surface area contributed by atoms with Crippen LogP contribution in [0.2, 0.25) is 0 Å². The maximum atomic E-state index is 13.8. The van der Waals surface area contributed by atoms with E-state index in [-0.39, 0.29) is 37.8 Å². The lowest BCUT2D eigenvalue weighted by atomic mass is 10.0. The highest BCUT2D eigenvalue weighted by atomic mass is 19.2. The minimum Gasteiger partial charge on any atom is -0.481 e. The van der Waals surface area contributed by atoms with E-state index in [4.69, 9.17) is 16.1 Å². The number of nitrogens with two attached hydrogens (primary N) is 1. The van der Waals surface area contributed by atoms with Crippen molar-refractivity contribution in [3.05, 3.63) is 59.0 Å². The SMILES string of the molecule is N#Cc1ccc(NC[C@H](CCC(=O)O)NC(=O)C[C@H](N)Cc2cc(F)c(F)cc2F)nc1. The third kappa shape index (κ3) is 7.88. The van der Waals surface area contributed by atoms with Crippen molar-refractivity contribution in [2.24, 2.45) is 5.73 Å². The predicted octanol–water partition coefficient (Wildman–Crippen LogP) is 2.09. The normalized spacial score (nSPS) is 12.5. The molecule has 1 aromatic heterocycles. The molecule has 11 heteroatoms. The Hall–Kier alpha value is -3.65. The number of benzene rings is 1. The number of halogens is 3. The molecule has 0 bridgehead atoms. The van der Waals surface area contributed by atoms with Gasteiger partial charge in [0.25, 0.3) is 0 Å². The molecular weight excluding hydrogens is 427 g/mol. The number of anilines is 1. The van der Waals surface area contributed by atoms with Crippen molar-refractivity contribution in [1.82, 2.24) is 10.3 Å². The van der Waals surface area contributed by atoms with Gasteiger partial charge in [-0.25, -0.2) is 18.2 Å². The second-order valence-corrected chi connectivity index (χ2v) is 7.15. The molecule has 0 fully saturated rings. The molecule has 1 aromatic carbocycles. The summed E-state index contributed by atoms with van der Waals surface area (Å²) >= 11 is 0. The highest BCUT2D eigenvalue weighted by Crippen LogP contribution is 2.16. The number of hydrogen-bond donors (Lipinski definition) is 4. The van der Waals surface area contributed by atoms with Gasteiger partial charge in [0.2, 0.25) is 5.91 Å². The molecule has 2 aromatic rings. The van der Waals surface area contributed by atoms with Crippen molar-refractivity contribution >= 4 is 17.7 Å². The topological polar surface area (TPSA) is 141 Å². The number of nitrogens with zero attached hydrogens (tertiary/aromatic N) is 2. The number of carbonyl (C=O) groups is 2. The largest absolute Gasteiger partial charge is 0.481 e. The summed E-state index contributed by atoms with van der Waals surface area (Å²) in [6.07, 6.45) is 0.862. The van der Waals surface area contributed by atoms with Crippen LogP contribution < -0.4 is 16.4 Å². The zero-order chi connectivity index (χ0) is 23.7. The smallest absolute Gasteiger partial charge is 0.303 e. The fourth-order valence-corrected chi connectivity index (χ4v) is 2.91. The van der Waals surface area contributed by atoms with E-state index >= 15 is 0 Å². The summed E-state index contributed by atoms with van der Waals surface area (Å²) in [5.74, 6) is -4.60. The molecule has 0 aliphatic heterocycles. The van der Waals surface area contributed by atoms with E-state index in [2.05, 4.69) is 15.6 Å². The maximum absolute atomic E-state index is 13.8. The quantitative estimate of drug-likeness (QED) is 0.385. The summed E-state index contributed by atoms with van der Waals surface area (Å²) in [7, 11) is 0. The zero-order valence-electron chi connectivity index (χ0n) is 16.9. The molecule has 5 N–H and O–H groups in total. The lowest BCUT2D eigenvalue weighted by Gasteiger charge is -2.20. The van der Waals surface area contributed by atoms with Gasteiger partial charge in [0.05, 0.1) is 5.56 Å². The molecule has 0 aliphatic rings. The maximum Gasteiger partial charge on any atom is 0.303 e. The zero-order valence-corrected chi connectivity index (χ0v) is 16.9. The van der Waals surface area contributed by atoms with Crippen molar-refractivity contribution in [2.45, 2.75) is 37.8 Å². The summed E-state index contributed by atoms with van der Waals surface area (Å²) in [5, 5.41) is 23.3. The molecule has 0 spiro atoms. The van der Waals surface area contributed by atoms with E-state index < -0.39 is 41.4 Å². The second-order valence-electron chi connectivity index (χ2n) is 7.15. The number of nitriles is 1. The van der Waals surface area contributed by atoms with E-state index in [0.717, 1.165) is 0 Å². The first-order valence-electron chi connectivity index (χ1n) is 9.68. The molecule has 0 saturated heterocycles. The van der Waals surface area contributed by atoms with E-state index in [1.165, 1.54) is 6.20 Å². The Labute approximate surface area is 182 Å². The summed E-state index contributed by atoms with van der Waals surface area (Å²) in [4.78, 5) is 27.3. The molecule has 2 atom stereocenters. The fourth-order valence-electron chi connectivity index (χ4n) is 2.91. The average molecular weight is 449 g/mol. The molecule has 0 saturated carbocycles. The van der Waals surface area contributed by atoms with Gasteiger partial charge < -0.3 is 21.5 Å². The molecule has 0 unspecified atom stereocenters. The first-order valence-corrected chi connectivity index (χ1v) is 9.68. The van der Waals surface area contributed by atoms with Crippen LogP contribution in [0.1, 0.15) is 30.4 Å². The number of aliphatic carboxylic acids is 1. The Bertz CT molecular complexity index is 995. The van der Waals surface area contributed by atoms with Crippen molar-refractivity contribution in [2.75, 3.05) is 11.9 Å². The minimum absolute atomic E-state index is 0.122. The van der Waals surface area contributed by atoms with Crippen molar-refractivity contribution in [3.63, 3.8) is 0 Å². The van der Waals surface area contributed by atoms with Crippen molar-refractivity contribution < 1.29 is 27.9 Å². The van der Waals surface area contributed by atoms with Gasteiger partial charge in [-0.2, -0.15) is 5.26 Å². The molecule has 32 heavy (non-hydrogen) atoms. The second kappa shape index (κ2) is 11.7. The minimum atomic E-state index is -1.32. The lowest BCUT2D eigenvalue weighted by Crippen LogP contribution is -2.42. The van der Waals surface area contributed by atoms with E-state index in [9.17, 15) is 22.8 Å². The van der Waals surface area contributed by atoms with E-state index in [1.54, 1.807) is 12.1 Å². The number of carboxylic acids is 1. The summed E-state index contributed by atoms with van der Waals surface area (Å²) in [6, 6.07) is 4.72. The standard InChI is InChI=1S/C21H22F3N5O3/c22-16-8-18(24)17(23)6-13(16)5-14(26)7-20(30)29-15(2-4-21(31)32)11-28-19-3-1-12(9-25)10-27-19/h1,3,6,8,10,14-15H,2,4-5,7,11,26H2,(H,27,28)(H,29,30)(H,31,32)/t14-,15+/m1/s1. The Kier molecular flexibility index (Phi) is 8.97. The van der Waals surface area contributed by atoms with Crippen molar-refractivity contribution in [3.8, 4) is 6.07 Å². The molecule has 170 valence electrons. The Morgan fingerprint density at radius 3 is 2.53 bits per heavy atom. The van der Waals surface area contributed by atoms with Gasteiger partial charge in [-0.3, -0.25) is 9.59 Å². The van der Waals surface area contributed by atoms with Crippen molar-refractivity contribution in [1.29, 1.82) is 5.26 Å². The van der Waals surface area contributed by atoms with Crippen LogP contribution in [0.25, 0.3) is 0 Å². The number of amides is 1. The van der Waals surface area contributed by atoms with Gasteiger partial charge in [-0.1, -0.05) is 0 Å². The van der Waals surface area contributed by atoms with Crippen LogP contribution in [0.15, 0.2) is 30.5 Å². The third-order valence-electron chi connectivity index (χ3n) is 4.51. The van der Waals surface area contributed by atoms with Crippen LogP contribution in [-0.2, 0) is 16.0 Å². The third-order valence-corrected chi connectivity index (χ3v) is 4.51. The number of carbonyl (C=O) groups excluding carboxylic acids is 1. The Morgan fingerprint density at radius 2 is 1.91 bits per heavy atom. The molecule has 0 radical (unpaired) electrons. The van der Waals surface area contributed by atoms with Gasteiger partial charge >= 0.3 is 5.97 Å². The first kappa shape index (κ1) is 24.6. The molecule has 8 nitrogen and oxygen atoms in total. The number of pyridine rings is 1. The fraction of sp³-hybridized carbons (Fsp3) is 0.333. The van der Waals surface area contributed by atoms with E-state index in [0.29, 0.717) is 23.5 Å². The van der Waals surface area contributed by atoms with Gasteiger partial charge in [-0.15, -0.1) is 0 Å². The molecule has 0 aliphatic carbocycles. The summed E-state index contributed by atoms with van der Waals surface area (Å²) in [5.41, 5.74) is 6.08. The molecule has 2 rings (SSSR count). The van der Waals surface area contributed by atoms with E-state index in [1.807, 2.05) is 6.07 Å². The van der Waals surface area contributed by atoms with Crippen LogP contribution in [-0.4, -0.2) is 40.6 Å². The van der Waals surface area contributed by atoms with Gasteiger partial charge in [-0.05, 0) is 36.6 Å². The summed E-state index contributed by atoms with van der Waals surface area (Å²) < 4.78 is 40.1.